The predicted molar refractivity (Wildman–Crippen MR) is 89.1 cm³/mol. The van der Waals surface area contributed by atoms with E-state index in [4.69, 9.17) is 9.47 Å². The van der Waals surface area contributed by atoms with Gasteiger partial charge in [0.2, 0.25) is 0 Å². The molecule has 0 bridgehead atoms. The van der Waals surface area contributed by atoms with E-state index in [-0.39, 0.29) is 0 Å². The van der Waals surface area contributed by atoms with Crippen molar-refractivity contribution in [3.63, 3.8) is 0 Å². The van der Waals surface area contributed by atoms with Crippen LogP contribution in [0.5, 0.6) is 5.75 Å². The molecule has 1 aromatic rings. The minimum Gasteiger partial charge on any atom is -0.492 e. The predicted octanol–water partition coefficient (Wildman–Crippen LogP) is 3.81. The Morgan fingerprint density at radius 1 is 0.857 bits per heavy atom. The monoisotopic (exact) mass is 293 g/mol. The Kier molecular flexibility index (Phi) is 10.8. The first kappa shape index (κ1) is 18.0. The molecule has 0 spiro atoms. The summed E-state index contributed by atoms with van der Waals surface area (Å²) in [5, 5.41) is 3.32. The van der Waals surface area contributed by atoms with E-state index in [9.17, 15) is 0 Å². The maximum Gasteiger partial charge on any atom is 0.119 e. The van der Waals surface area contributed by atoms with Crippen molar-refractivity contribution >= 4 is 0 Å². The van der Waals surface area contributed by atoms with Crippen LogP contribution in [0.1, 0.15) is 45.1 Å². The molecule has 0 aliphatic heterocycles. The molecule has 120 valence electrons. The van der Waals surface area contributed by atoms with Gasteiger partial charge in [0, 0.05) is 19.7 Å². The number of aryl methyl sites for hydroxylation is 1. The van der Waals surface area contributed by atoms with Gasteiger partial charge in [-0.2, -0.15) is 0 Å². The highest BCUT2D eigenvalue weighted by Crippen LogP contribution is 2.13. The SMILES string of the molecule is CCCCOCCNCCOc1ccc(CCCC)cc1. The van der Waals surface area contributed by atoms with Gasteiger partial charge in [0.15, 0.2) is 0 Å². The molecular weight excluding hydrogens is 262 g/mol. The highest BCUT2D eigenvalue weighted by molar-refractivity contribution is 5.27. The normalized spacial score (nSPS) is 10.8. The molecule has 0 radical (unpaired) electrons. The maximum atomic E-state index is 5.71. The molecular formula is C18H31NO2. The van der Waals surface area contributed by atoms with E-state index >= 15 is 0 Å². The minimum absolute atomic E-state index is 0.698. The van der Waals surface area contributed by atoms with Crippen LogP contribution in [0, 0.1) is 0 Å². The molecule has 0 saturated carbocycles. The van der Waals surface area contributed by atoms with Gasteiger partial charge in [-0.05, 0) is 37.0 Å². The van der Waals surface area contributed by atoms with Gasteiger partial charge in [0.25, 0.3) is 0 Å². The number of ether oxygens (including phenoxy) is 2. The van der Waals surface area contributed by atoms with Gasteiger partial charge in [0.1, 0.15) is 12.4 Å². The van der Waals surface area contributed by atoms with Gasteiger partial charge in [-0.25, -0.2) is 0 Å². The summed E-state index contributed by atoms with van der Waals surface area (Å²) in [4.78, 5) is 0. The van der Waals surface area contributed by atoms with Crippen molar-refractivity contribution in [3.05, 3.63) is 29.8 Å². The molecule has 1 N–H and O–H groups in total. The van der Waals surface area contributed by atoms with Crippen molar-refractivity contribution in [3.8, 4) is 5.75 Å². The fraction of sp³-hybridized carbons (Fsp3) is 0.667. The van der Waals surface area contributed by atoms with Crippen LogP contribution in [0.4, 0.5) is 0 Å². The molecule has 0 unspecified atom stereocenters. The second-order valence-corrected chi connectivity index (χ2v) is 5.31. The number of hydrogen-bond donors (Lipinski definition) is 1. The third-order valence-electron chi connectivity index (χ3n) is 3.36. The second kappa shape index (κ2) is 12.7. The van der Waals surface area contributed by atoms with Crippen molar-refractivity contribution in [1.29, 1.82) is 0 Å². The lowest BCUT2D eigenvalue weighted by atomic mass is 10.1. The average Bonchev–Trinajstić information content (AvgIpc) is 2.52. The molecule has 21 heavy (non-hydrogen) atoms. The van der Waals surface area contributed by atoms with E-state index in [1.807, 2.05) is 0 Å². The molecule has 0 heterocycles. The Labute approximate surface area is 130 Å². The van der Waals surface area contributed by atoms with Crippen LogP contribution in [-0.2, 0) is 11.2 Å². The van der Waals surface area contributed by atoms with Crippen molar-refractivity contribution in [2.75, 3.05) is 32.9 Å². The average molecular weight is 293 g/mol. The van der Waals surface area contributed by atoms with Gasteiger partial charge in [-0.15, -0.1) is 0 Å². The molecule has 3 nitrogen and oxygen atoms in total. The zero-order valence-corrected chi connectivity index (χ0v) is 13.7. The van der Waals surface area contributed by atoms with E-state index in [0.29, 0.717) is 6.61 Å². The molecule has 1 rings (SSSR count). The molecule has 3 heteroatoms. The van der Waals surface area contributed by atoms with E-state index in [0.717, 1.165) is 44.9 Å². The smallest absolute Gasteiger partial charge is 0.119 e. The first-order chi connectivity index (χ1) is 10.4. The van der Waals surface area contributed by atoms with Crippen LogP contribution >= 0.6 is 0 Å². The molecule has 0 amide bonds. The lowest BCUT2D eigenvalue weighted by molar-refractivity contribution is 0.132. The Morgan fingerprint density at radius 3 is 2.29 bits per heavy atom. The van der Waals surface area contributed by atoms with Crippen LogP contribution in [0.3, 0.4) is 0 Å². The quantitative estimate of drug-likeness (QED) is 0.561. The summed E-state index contributed by atoms with van der Waals surface area (Å²) in [6.45, 7) is 8.50. The summed E-state index contributed by atoms with van der Waals surface area (Å²) in [7, 11) is 0. The summed E-state index contributed by atoms with van der Waals surface area (Å²) >= 11 is 0. The Morgan fingerprint density at radius 2 is 1.57 bits per heavy atom. The second-order valence-electron chi connectivity index (χ2n) is 5.31. The Balaban J connectivity index is 1.99. The van der Waals surface area contributed by atoms with E-state index < -0.39 is 0 Å². The fourth-order valence-electron chi connectivity index (χ4n) is 1.99. The van der Waals surface area contributed by atoms with Gasteiger partial charge in [-0.1, -0.05) is 38.8 Å². The minimum atomic E-state index is 0.698. The molecule has 0 fully saturated rings. The fourth-order valence-corrected chi connectivity index (χ4v) is 1.99. The van der Waals surface area contributed by atoms with Crippen LogP contribution in [-0.4, -0.2) is 32.9 Å². The number of unbranched alkanes of at least 4 members (excludes halogenated alkanes) is 2. The first-order valence-electron chi connectivity index (χ1n) is 8.37. The number of hydrogen-bond acceptors (Lipinski definition) is 3. The number of rotatable bonds is 13. The molecule has 1 aromatic carbocycles. The third kappa shape index (κ3) is 9.48. The standard InChI is InChI=1S/C18H31NO2/c1-3-5-7-17-8-10-18(11-9-17)21-16-13-19-12-15-20-14-6-4-2/h8-11,19H,3-7,12-16H2,1-2H3. The van der Waals surface area contributed by atoms with E-state index in [2.05, 4.69) is 43.4 Å². The molecule has 0 saturated heterocycles. The van der Waals surface area contributed by atoms with Crippen LogP contribution in [0.15, 0.2) is 24.3 Å². The summed E-state index contributed by atoms with van der Waals surface area (Å²) in [5.41, 5.74) is 1.39. The van der Waals surface area contributed by atoms with Gasteiger partial charge in [-0.3, -0.25) is 0 Å². The lowest BCUT2D eigenvalue weighted by Gasteiger charge is -2.08. The van der Waals surface area contributed by atoms with Crippen molar-refractivity contribution in [2.45, 2.75) is 46.0 Å². The molecule has 0 aliphatic carbocycles. The Bertz CT molecular complexity index is 338. The van der Waals surface area contributed by atoms with Crippen molar-refractivity contribution < 1.29 is 9.47 Å². The zero-order valence-electron chi connectivity index (χ0n) is 13.7. The van der Waals surface area contributed by atoms with E-state index in [1.54, 1.807) is 0 Å². The van der Waals surface area contributed by atoms with Crippen LogP contribution in [0.25, 0.3) is 0 Å². The first-order valence-corrected chi connectivity index (χ1v) is 8.37. The highest BCUT2D eigenvalue weighted by atomic mass is 16.5. The van der Waals surface area contributed by atoms with Crippen LogP contribution in [0.2, 0.25) is 0 Å². The highest BCUT2D eigenvalue weighted by Gasteiger charge is 1.96. The lowest BCUT2D eigenvalue weighted by Crippen LogP contribution is -2.25. The summed E-state index contributed by atoms with van der Waals surface area (Å²) < 4.78 is 11.2. The van der Waals surface area contributed by atoms with Gasteiger partial charge < -0.3 is 14.8 Å². The molecule has 0 aliphatic rings. The maximum absolute atomic E-state index is 5.71. The van der Waals surface area contributed by atoms with Crippen molar-refractivity contribution in [2.24, 2.45) is 0 Å². The third-order valence-corrected chi connectivity index (χ3v) is 3.36. The topological polar surface area (TPSA) is 30.5 Å². The van der Waals surface area contributed by atoms with Crippen molar-refractivity contribution in [1.82, 2.24) is 5.32 Å². The van der Waals surface area contributed by atoms with Gasteiger partial charge >= 0.3 is 0 Å². The molecule has 0 aromatic heterocycles. The van der Waals surface area contributed by atoms with Crippen LogP contribution < -0.4 is 10.1 Å². The number of benzene rings is 1. The summed E-state index contributed by atoms with van der Waals surface area (Å²) in [6, 6.07) is 8.47. The zero-order chi connectivity index (χ0) is 15.2. The van der Waals surface area contributed by atoms with Gasteiger partial charge in [0.05, 0.1) is 6.61 Å². The molecule has 0 atom stereocenters. The summed E-state index contributed by atoms with van der Waals surface area (Å²) in [6.07, 6.45) is 6.00. The van der Waals surface area contributed by atoms with E-state index in [1.165, 1.54) is 24.8 Å². The largest absolute Gasteiger partial charge is 0.492 e. The Hall–Kier alpha value is -1.06. The summed E-state index contributed by atoms with van der Waals surface area (Å²) in [5.74, 6) is 0.955. The number of nitrogens with one attached hydrogen (secondary N) is 1.